The Labute approximate surface area is 128 Å². The first-order chi connectivity index (χ1) is 10.1. The molecule has 0 heterocycles. The molecule has 5 heteroatoms. The van der Waals surface area contributed by atoms with Gasteiger partial charge in [-0.1, -0.05) is 12.8 Å². The number of aliphatic hydroxyl groups excluding tert-OH is 1. The molecule has 5 nitrogen and oxygen atoms in total. The van der Waals surface area contributed by atoms with Crippen molar-refractivity contribution in [3.63, 3.8) is 0 Å². The highest BCUT2D eigenvalue weighted by molar-refractivity contribution is 5.73. The molecule has 0 saturated heterocycles. The molecule has 0 spiro atoms. The summed E-state index contributed by atoms with van der Waals surface area (Å²) in [5, 5.41) is 13.0. The lowest BCUT2D eigenvalue weighted by Gasteiger charge is -2.31. The van der Waals surface area contributed by atoms with E-state index >= 15 is 0 Å². The highest BCUT2D eigenvalue weighted by atomic mass is 16.5. The number of urea groups is 1. The van der Waals surface area contributed by atoms with Crippen LogP contribution in [0.5, 0.6) is 0 Å². The van der Waals surface area contributed by atoms with Crippen LogP contribution in [0.2, 0.25) is 0 Å². The topological polar surface area (TPSA) is 61.8 Å². The van der Waals surface area contributed by atoms with Crippen LogP contribution in [-0.4, -0.2) is 56.0 Å². The number of amides is 2. The smallest absolute Gasteiger partial charge is 0.317 e. The van der Waals surface area contributed by atoms with Gasteiger partial charge in [0.25, 0.3) is 0 Å². The number of methoxy groups -OCH3 is 1. The van der Waals surface area contributed by atoms with E-state index in [9.17, 15) is 9.90 Å². The van der Waals surface area contributed by atoms with Gasteiger partial charge in [-0.2, -0.15) is 0 Å². The molecule has 0 radical (unpaired) electrons. The zero-order valence-electron chi connectivity index (χ0n) is 13.4. The number of aliphatic hydroxyl groups is 1. The van der Waals surface area contributed by atoms with Crippen LogP contribution < -0.4 is 5.32 Å². The first kappa shape index (κ1) is 16.6. The Morgan fingerprint density at radius 1 is 1.38 bits per heavy atom. The van der Waals surface area contributed by atoms with Crippen LogP contribution in [0, 0.1) is 11.3 Å². The molecule has 0 bridgehead atoms. The molecule has 2 aliphatic rings. The van der Waals surface area contributed by atoms with Crippen molar-refractivity contribution in [1.29, 1.82) is 0 Å². The van der Waals surface area contributed by atoms with Gasteiger partial charge in [0, 0.05) is 39.8 Å². The molecular formula is C16H30N2O3. The average Bonchev–Trinajstić information content (AvgIpc) is 3.25. The summed E-state index contributed by atoms with van der Waals surface area (Å²) >= 11 is 0. The maximum absolute atomic E-state index is 12.2. The summed E-state index contributed by atoms with van der Waals surface area (Å²) in [6.45, 7) is 2.16. The zero-order valence-corrected chi connectivity index (χ0v) is 13.4. The molecule has 122 valence electrons. The van der Waals surface area contributed by atoms with Crippen molar-refractivity contribution in [2.45, 2.75) is 51.0 Å². The van der Waals surface area contributed by atoms with Gasteiger partial charge in [0.05, 0.1) is 6.10 Å². The third-order valence-corrected chi connectivity index (χ3v) is 5.13. The second kappa shape index (κ2) is 7.45. The number of carbonyl (C=O) groups excluding carboxylic acids is 1. The summed E-state index contributed by atoms with van der Waals surface area (Å²) in [4.78, 5) is 13.9. The van der Waals surface area contributed by atoms with Gasteiger partial charge in [-0.3, -0.25) is 0 Å². The first-order valence-electron chi connectivity index (χ1n) is 8.22. The number of nitrogens with zero attached hydrogens (tertiary/aromatic N) is 1. The summed E-state index contributed by atoms with van der Waals surface area (Å²) in [5.74, 6) is 0.234. The van der Waals surface area contributed by atoms with E-state index in [1.54, 1.807) is 12.0 Å². The van der Waals surface area contributed by atoms with E-state index in [0.717, 1.165) is 45.3 Å². The lowest BCUT2D eigenvalue weighted by atomic mass is 9.86. The van der Waals surface area contributed by atoms with Crippen molar-refractivity contribution in [3.05, 3.63) is 0 Å². The quantitative estimate of drug-likeness (QED) is 0.755. The van der Waals surface area contributed by atoms with Crippen LogP contribution in [0.3, 0.4) is 0 Å². The summed E-state index contributed by atoms with van der Waals surface area (Å²) in [7, 11) is 3.54. The molecule has 0 aromatic heterocycles. The highest BCUT2D eigenvalue weighted by Crippen LogP contribution is 2.48. The maximum atomic E-state index is 12.2. The zero-order chi connectivity index (χ0) is 15.3. The second-order valence-electron chi connectivity index (χ2n) is 6.89. The number of nitrogens with one attached hydrogen (secondary N) is 1. The summed E-state index contributed by atoms with van der Waals surface area (Å²) in [6, 6.07) is -0.0172. The SMILES string of the molecule is COCCC1(CNC(=O)N(C)CC2CCCCC2O)CC1. The summed E-state index contributed by atoms with van der Waals surface area (Å²) < 4.78 is 5.13. The molecule has 21 heavy (non-hydrogen) atoms. The van der Waals surface area contributed by atoms with E-state index in [0.29, 0.717) is 6.54 Å². The van der Waals surface area contributed by atoms with Crippen molar-refractivity contribution in [3.8, 4) is 0 Å². The number of carbonyl (C=O) groups is 1. The number of ether oxygens (including phenoxy) is 1. The number of hydrogen-bond donors (Lipinski definition) is 2. The Hall–Kier alpha value is -0.810. The third-order valence-electron chi connectivity index (χ3n) is 5.13. The molecule has 2 unspecified atom stereocenters. The first-order valence-corrected chi connectivity index (χ1v) is 8.22. The Balaban J connectivity index is 1.70. The van der Waals surface area contributed by atoms with Crippen molar-refractivity contribution in [1.82, 2.24) is 10.2 Å². The van der Waals surface area contributed by atoms with E-state index in [1.165, 1.54) is 12.8 Å². The van der Waals surface area contributed by atoms with Gasteiger partial charge in [0.15, 0.2) is 0 Å². The fraction of sp³-hybridized carbons (Fsp3) is 0.938. The maximum Gasteiger partial charge on any atom is 0.317 e. The van der Waals surface area contributed by atoms with Crippen LogP contribution in [0.25, 0.3) is 0 Å². The fourth-order valence-electron chi connectivity index (χ4n) is 3.24. The van der Waals surface area contributed by atoms with Crippen LogP contribution in [0.1, 0.15) is 44.9 Å². The number of hydrogen-bond acceptors (Lipinski definition) is 3. The molecule has 0 aromatic carbocycles. The van der Waals surface area contributed by atoms with E-state index in [-0.39, 0.29) is 23.5 Å². The third kappa shape index (κ3) is 4.85. The van der Waals surface area contributed by atoms with Gasteiger partial charge >= 0.3 is 6.03 Å². The summed E-state index contributed by atoms with van der Waals surface area (Å²) in [6.07, 6.45) is 7.31. The minimum Gasteiger partial charge on any atom is -0.393 e. The second-order valence-corrected chi connectivity index (χ2v) is 6.89. The molecule has 2 saturated carbocycles. The van der Waals surface area contributed by atoms with E-state index in [1.807, 2.05) is 7.05 Å². The van der Waals surface area contributed by atoms with Crippen molar-refractivity contribution in [2.24, 2.45) is 11.3 Å². The molecule has 2 aliphatic carbocycles. The highest BCUT2D eigenvalue weighted by Gasteiger charge is 2.42. The van der Waals surface area contributed by atoms with Crippen LogP contribution in [0.4, 0.5) is 4.79 Å². The molecule has 2 N–H and O–H groups in total. The van der Waals surface area contributed by atoms with Gasteiger partial charge in [0.1, 0.15) is 0 Å². The van der Waals surface area contributed by atoms with Crippen molar-refractivity contribution >= 4 is 6.03 Å². The Kier molecular flexibility index (Phi) is 5.88. The standard InChI is InChI=1S/C16H30N2O3/c1-18(11-13-5-3-4-6-14(13)19)15(20)17-12-16(7-8-16)9-10-21-2/h13-14,19H,3-12H2,1-2H3,(H,17,20). The van der Waals surface area contributed by atoms with E-state index < -0.39 is 0 Å². The number of rotatable bonds is 7. The van der Waals surface area contributed by atoms with E-state index in [2.05, 4.69) is 5.32 Å². The molecule has 2 rings (SSSR count). The molecule has 0 aromatic rings. The predicted molar refractivity (Wildman–Crippen MR) is 82.2 cm³/mol. The van der Waals surface area contributed by atoms with Crippen molar-refractivity contribution < 1.29 is 14.6 Å². The van der Waals surface area contributed by atoms with Crippen molar-refractivity contribution in [2.75, 3.05) is 33.9 Å². The van der Waals surface area contributed by atoms with Crippen LogP contribution in [0.15, 0.2) is 0 Å². The normalized spacial score (nSPS) is 27.2. The molecule has 2 fully saturated rings. The lowest BCUT2D eigenvalue weighted by Crippen LogP contribution is -2.44. The molecule has 2 amide bonds. The molecular weight excluding hydrogens is 268 g/mol. The van der Waals surface area contributed by atoms with Crippen LogP contribution >= 0.6 is 0 Å². The van der Waals surface area contributed by atoms with Gasteiger partial charge in [-0.05, 0) is 37.5 Å². The predicted octanol–water partition coefficient (Wildman–Crippen LogP) is 2.00. The summed E-state index contributed by atoms with van der Waals surface area (Å²) in [5.41, 5.74) is 0.275. The molecule has 0 aliphatic heterocycles. The fourth-order valence-corrected chi connectivity index (χ4v) is 3.24. The Morgan fingerprint density at radius 3 is 2.71 bits per heavy atom. The molecule has 2 atom stereocenters. The van der Waals surface area contributed by atoms with E-state index in [4.69, 9.17) is 4.74 Å². The van der Waals surface area contributed by atoms with Gasteiger partial charge in [-0.25, -0.2) is 4.79 Å². The van der Waals surface area contributed by atoms with Gasteiger partial charge in [-0.15, -0.1) is 0 Å². The van der Waals surface area contributed by atoms with Gasteiger partial charge in [0.2, 0.25) is 0 Å². The minimum atomic E-state index is -0.245. The average molecular weight is 298 g/mol. The monoisotopic (exact) mass is 298 g/mol. The lowest BCUT2D eigenvalue weighted by molar-refractivity contribution is 0.0563. The van der Waals surface area contributed by atoms with Crippen LogP contribution in [-0.2, 0) is 4.74 Å². The Morgan fingerprint density at radius 2 is 2.10 bits per heavy atom. The Bertz CT molecular complexity index is 344. The minimum absolute atomic E-state index is 0.0172. The van der Waals surface area contributed by atoms with Gasteiger partial charge < -0.3 is 20.1 Å². The largest absolute Gasteiger partial charge is 0.393 e.